The van der Waals surface area contributed by atoms with Gasteiger partial charge in [0.15, 0.2) is 0 Å². The van der Waals surface area contributed by atoms with E-state index in [0.717, 1.165) is 18.8 Å². The van der Waals surface area contributed by atoms with Crippen molar-refractivity contribution < 1.29 is 5.11 Å². The second-order valence-corrected chi connectivity index (χ2v) is 5.70. The standard InChI is InChI=1S/C13H25NO/c1-2-10-5-7-13(9-14,8-6-10)12(15)11-3-4-11/h10-12,15H,2-9,14H2,1H3. The zero-order valence-electron chi connectivity index (χ0n) is 9.91. The smallest absolute Gasteiger partial charge is 0.0636 e. The van der Waals surface area contributed by atoms with Crippen molar-refractivity contribution in [3.63, 3.8) is 0 Å². The van der Waals surface area contributed by atoms with Crippen LogP contribution >= 0.6 is 0 Å². The summed E-state index contributed by atoms with van der Waals surface area (Å²) in [5, 5.41) is 10.3. The molecule has 0 bridgehead atoms. The van der Waals surface area contributed by atoms with Crippen LogP contribution in [0.4, 0.5) is 0 Å². The van der Waals surface area contributed by atoms with Gasteiger partial charge in [-0.05, 0) is 50.4 Å². The molecule has 0 aromatic heterocycles. The Hall–Kier alpha value is -0.0800. The molecule has 2 saturated carbocycles. The second kappa shape index (κ2) is 4.42. The van der Waals surface area contributed by atoms with E-state index in [9.17, 15) is 5.11 Å². The van der Waals surface area contributed by atoms with Gasteiger partial charge in [-0.1, -0.05) is 13.3 Å². The van der Waals surface area contributed by atoms with Crippen molar-refractivity contribution in [2.45, 2.75) is 58.0 Å². The van der Waals surface area contributed by atoms with Crippen LogP contribution in [0.1, 0.15) is 51.9 Å². The Labute approximate surface area is 93.2 Å². The molecule has 0 saturated heterocycles. The van der Waals surface area contributed by atoms with Gasteiger partial charge in [0.05, 0.1) is 6.10 Å². The molecule has 0 spiro atoms. The van der Waals surface area contributed by atoms with Crippen molar-refractivity contribution in [1.82, 2.24) is 0 Å². The second-order valence-electron chi connectivity index (χ2n) is 5.70. The topological polar surface area (TPSA) is 46.2 Å². The van der Waals surface area contributed by atoms with Crippen LogP contribution in [-0.2, 0) is 0 Å². The molecule has 0 radical (unpaired) electrons. The fourth-order valence-corrected chi connectivity index (χ4v) is 3.19. The highest BCUT2D eigenvalue weighted by atomic mass is 16.3. The summed E-state index contributed by atoms with van der Waals surface area (Å²) in [6, 6.07) is 0. The summed E-state index contributed by atoms with van der Waals surface area (Å²) >= 11 is 0. The first-order chi connectivity index (χ1) is 7.22. The fraction of sp³-hybridized carbons (Fsp3) is 1.00. The maximum atomic E-state index is 10.3. The lowest BCUT2D eigenvalue weighted by molar-refractivity contribution is -0.0220. The van der Waals surface area contributed by atoms with Crippen LogP contribution < -0.4 is 5.73 Å². The maximum absolute atomic E-state index is 10.3. The lowest BCUT2D eigenvalue weighted by Crippen LogP contribution is -2.45. The molecule has 3 N–H and O–H groups in total. The summed E-state index contributed by atoms with van der Waals surface area (Å²) in [7, 11) is 0. The van der Waals surface area contributed by atoms with Gasteiger partial charge in [0.2, 0.25) is 0 Å². The van der Waals surface area contributed by atoms with E-state index in [1.165, 1.54) is 32.1 Å². The molecule has 0 aromatic carbocycles. The van der Waals surface area contributed by atoms with E-state index in [2.05, 4.69) is 6.92 Å². The van der Waals surface area contributed by atoms with E-state index in [-0.39, 0.29) is 11.5 Å². The quantitative estimate of drug-likeness (QED) is 0.749. The molecule has 0 heterocycles. The van der Waals surface area contributed by atoms with Crippen molar-refractivity contribution >= 4 is 0 Å². The molecular weight excluding hydrogens is 186 g/mol. The van der Waals surface area contributed by atoms with Crippen molar-refractivity contribution in [3.05, 3.63) is 0 Å². The zero-order valence-corrected chi connectivity index (χ0v) is 9.91. The molecule has 2 heteroatoms. The minimum atomic E-state index is -0.111. The number of hydrogen-bond donors (Lipinski definition) is 2. The highest BCUT2D eigenvalue weighted by Gasteiger charge is 2.46. The Morgan fingerprint density at radius 2 is 1.87 bits per heavy atom. The van der Waals surface area contributed by atoms with Crippen LogP contribution in [0.5, 0.6) is 0 Å². The largest absolute Gasteiger partial charge is 0.392 e. The van der Waals surface area contributed by atoms with Crippen LogP contribution in [0.2, 0.25) is 0 Å². The molecular formula is C13H25NO. The van der Waals surface area contributed by atoms with Crippen molar-refractivity contribution in [3.8, 4) is 0 Å². The predicted molar refractivity (Wildman–Crippen MR) is 62.5 cm³/mol. The van der Waals surface area contributed by atoms with Gasteiger partial charge in [0, 0.05) is 12.0 Å². The van der Waals surface area contributed by atoms with E-state index in [1.807, 2.05) is 0 Å². The minimum Gasteiger partial charge on any atom is -0.392 e. The molecule has 0 aromatic rings. The molecule has 15 heavy (non-hydrogen) atoms. The van der Waals surface area contributed by atoms with Gasteiger partial charge in [0.25, 0.3) is 0 Å². The highest BCUT2D eigenvalue weighted by Crippen LogP contribution is 2.48. The zero-order chi connectivity index (χ0) is 10.9. The van der Waals surface area contributed by atoms with Crippen molar-refractivity contribution in [2.24, 2.45) is 23.0 Å². The van der Waals surface area contributed by atoms with Gasteiger partial charge in [-0.2, -0.15) is 0 Å². The highest BCUT2D eigenvalue weighted by molar-refractivity contribution is 4.98. The molecule has 2 aliphatic rings. The van der Waals surface area contributed by atoms with E-state index in [4.69, 9.17) is 5.73 Å². The lowest BCUT2D eigenvalue weighted by Gasteiger charge is -2.43. The molecule has 1 unspecified atom stereocenters. The SMILES string of the molecule is CCC1CCC(CN)(C(O)C2CC2)CC1. The summed E-state index contributed by atoms with van der Waals surface area (Å²) in [5.41, 5.74) is 6.01. The predicted octanol–water partition coefficient (Wildman–Crippen LogP) is 2.30. The third-order valence-corrected chi connectivity index (χ3v) is 4.78. The van der Waals surface area contributed by atoms with Gasteiger partial charge < -0.3 is 10.8 Å². The van der Waals surface area contributed by atoms with Crippen molar-refractivity contribution in [1.29, 1.82) is 0 Å². The Morgan fingerprint density at radius 1 is 1.27 bits per heavy atom. The third kappa shape index (κ3) is 2.21. The minimum absolute atomic E-state index is 0.0762. The molecule has 2 nitrogen and oxygen atoms in total. The van der Waals surface area contributed by atoms with Crippen LogP contribution in [0.15, 0.2) is 0 Å². The summed E-state index contributed by atoms with van der Waals surface area (Å²) in [5.74, 6) is 1.46. The van der Waals surface area contributed by atoms with Gasteiger partial charge in [-0.25, -0.2) is 0 Å². The van der Waals surface area contributed by atoms with Crippen LogP contribution in [-0.4, -0.2) is 17.8 Å². The van der Waals surface area contributed by atoms with Gasteiger partial charge in [-0.15, -0.1) is 0 Å². The molecule has 0 aliphatic heterocycles. The fourth-order valence-electron chi connectivity index (χ4n) is 3.19. The Balaban J connectivity index is 1.97. The molecule has 88 valence electrons. The average Bonchev–Trinajstić information content (AvgIpc) is 3.12. The number of aliphatic hydroxyl groups is 1. The third-order valence-electron chi connectivity index (χ3n) is 4.78. The number of aliphatic hydroxyl groups excluding tert-OH is 1. The lowest BCUT2D eigenvalue weighted by atomic mass is 9.66. The summed E-state index contributed by atoms with van der Waals surface area (Å²) in [6.07, 6.45) is 8.48. The summed E-state index contributed by atoms with van der Waals surface area (Å²) < 4.78 is 0. The van der Waals surface area contributed by atoms with E-state index < -0.39 is 0 Å². The summed E-state index contributed by atoms with van der Waals surface area (Å²) in [6.45, 7) is 2.96. The average molecular weight is 211 g/mol. The number of rotatable bonds is 4. The van der Waals surface area contributed by atoms with Crippen molar-refractivity contribution in [2.75, 3.05) is 6.54 Å². The normalized spacial score (nSPS) is 39.0. The van der Waals surface area contributed by atoms with Crippen LogP contribution in [0.3, 0.4) is 0 Å². The maximum Gasteiger partial charge on any atom is 0.0636 e. The van der Waals surface area contributed by atoms with Crippen LogP contribution in [0.25, 0.3) is 0 Å². The molecule has 1 atom stereocenters. The van der Waals surface area contributed by atoms with E-state index in [1.54, 1.807) is 0 Å². The first-order valence-corrected chi connectivity index (χ1v) is 6.60. The molecule has 2 rings (SSSR count). The van der Waals surface area contributed by atoms with Gasteiger partial charge in [0.1, 0.15) is 0 Å². The first kappa shape index (κ1) is 11.4. The number of nitrogens with two attached hydrogens (primary N) is 1. The Bertz CT molecular complexity index is 205. The monoisotopic (exact) mass is 211 g/mol. The first-order valence-electron chi connectivity index (χ1n) is 6.60. The molecule has 2 fully saturated rings. The van der Waals surface area contributed by atoms with E-state index in [0.29, 0.717) is 12.5 Å². The summed E-state index contributed by atoms with van der Waals surface area (Å²) in [4.78, 5) is 0. The Kier molecular flexibility index (Phi) is 3.36. The van der Waals surface area contributed by atoms with Crippen LogP contribution in [0, 0.1) is 17.3 Å². The van der Waals surface area contributed by atoms with Gasteiger partial charge >= 0.3 is 0 Å². The number of hydrogen-bond acceptors (Lipinski definition) is 2. The van der Waals surface area contributed by atoms with E-state index >= 15 is 0 Å². The Morgan fingerprint density at radius 3 is 2.27 bits per heavy atom. The van der Waals surface area contributed by atoms with Gasteiger partial charge in [-0.3, -0.25) is 0 Å². The molecule has 0 amide bonds. The molecule has 2 aliphatic carbocycles.